The van der Waals surface area contributed by atoms with Crippen LogP contribution in [-0.2, 0) is 9.53 Å². The Morgan fingerprint density at radius 1 is 1.19 bits per heavy atom. The highest BCUT2D eigenvalue weighted by Crippen LogP contribution is 2.10. The Morgan fingerprint density at radius 2 is 1.88 bits per heavy atom. The van der Waals surface area contributed by atoms with Crippen molar-refractivity contribution >= 4 is 5.97 Å². The van der Waals surface area contributed by atoms with Crippen molar-refractivity contribution < 1.29 is 9.53 Å². The van der Waals surface area contributed by atoms with Gasteiger partial charge in [0.25, 0.3) is 0 Å². The Labute approximate surface area is 99.1 Å². The zero-order valence-corrected chi connectivity index (χ0v) is 10.7. The third-order valence-electron chi connectivity index (χ3n) is 2.92. The van der Waals surface area contributed by atoms with E-state index < -0.39 is 0 Å². The summed E-state index contributed by atoms with van der Waals surface area (Å²) in [5, 5.41) is 0. The first kappa shape index (κ1) is 13.5. The molecule has 0 N–H and O–H groups in total. The number of nitrogens with zero attached hydrogens (tertiary/aromatic N) is 1. The number of hydrogen-bond donors (Lipinski definition) is 0. The van der Waals surface area contributed by atoms with Gasteiger partial charge in [-0.15, -0.1) is 0 Å². The molecule has 1 aliphatic rings. The highest BCUT2D eigenvalue weighted by molar-refractivity contribution is 5.69. The van der Waals surface area contributed by atoms with Gasteiger partial charge in [0.1, 0.15) is 0 Å². The minimum Gasteiger partial charge on any atom is -0.463 e. The molecule has 0 aromatic rings. The Kier molecular flexibility index (Phi) is 6.46. The van der Waals surface area contributed by atoms with Gasteiger partial charge in [-0.2, -0.15) is 0 Å². The molecule has 0 unspecified atom stereocenters. The second-order valence-corrected chi connectivity index (χ2v) is 4.90. The third kappa shape index (κ3) is 6.11. The number of esters is 1. The number of rotatable bonds is 6. The molecule has 94 valence electrons. The number of carbonyl (C=O) groups is 1. The van der Waals surface area contributed by atoms with E-state index >= 15 is 0 Å². The van der Waals surface area contributed by atoms with Crippen LogP contribution in [0.25, 0.3) is 0 Å². The molecule has 0 atom stereocenters. The minimum atomic E-state index is -0.0476. The molecule has 3 heteroatoms. The van der Waals surface area contributed by atoms with Gasteiger partial charge >= 0.3 is 5.97 Å². The van der Waals surface area contributed by atoms with Crippen molar-refractivity contribution in [3.8, 4) is 0 Å². The maximum atomic E-state index is 11.3. The van der Waals surface area contributed by atoms with E-state index in [2.05, 4.69) is 4.90 Å². The normalized spacial score (nSPS) is 17.7. The van der Waals surface area contributed by atoms with E-state index in [-0.39, 0.29) is 12.1 Å². The summed E-state index contributed by atoms with van der Waals surface area (Å²) in [5.41, 5.74) is 0. The number of piperidine rings is 1. The Morgan fingerprint density at radius 3 is 2.50 bits per heavy atom. The molecular weight excluding hydrogens is 202 g/mol. The van der Waals surface area contributed by atoms with Crippen LogP contribution in [-0.4, -0.2) is 36.6 Å². The number of hydrogen-bond acceptors (Lipinski definition) is 3. The first-order chi connectivity index (χ1) is 7.68. The fourth-order valence-electron chi connectivity index (χ4n) is 2.11. The highest BCUT2D eigenvalue weighted by Gasteiger charge is 2.10. The molecule has 0 aromatic heterocycles. The van der Waals surface area contributed by atoms with E-state index in [1.54, 1.807) is 0 Å². The van der Waals surface area contributed by atoms with Gasteiger partial charge in [0.05, 0.1) is 6.10 Å². The summed E-state index contributed by atoms with van der Waals surface area (Å²) in [6.07, 6.45) is 6.75. The molecule has 0 saturated carbocycles. The van der Waals surface area contributed by atoms with Crippen LogP contribution in [0.15, 0.2) is 0 Å². The summed E-state index contributed by atoms with van der Waals surface area (Å²) in [6.45, 7) is 7.43. The standard InChI is InChI=1S/C13H25NO2/c1-12(2)16-13(15)8-4-7-11-14-9-5-3-6-10-14/h12H,3-11H2,1-2H3. The second-order valence-electron chi connectivity index (χ2n) is 4.90. The summed E-state index contributed by atoms with van der Waals surface area (Å²) in [4.78, 5) is 13.8. The average molecular weight is 227 g/mol. The predicted molar refractivity (Wildman–Crippen MR) is 65.4 cm³/mol. The molecule has 0 spiro atoms. The third-order valence-corrected chi connectivity index (χ3v) is 2.92. The van der Waals surface area contributed by atoms with Gasteiger partial charge in [-0.25, -0.2) is 0 Å². The van der Waals surface area contributed by atoms with Gasteiger partial charge in [0.2, 0.25) is 0 Å². The van der Waals surface area contributed by atoms with E-state index in [0.717, 1.165) is 19.4 Å². The van der Waals surface area contributed by atoms with Gasteiger partial charge in [-0.05, 0) is 59.2 Å². The predicted octanol–water partition coefficient (Wildman–Crippen LogP) is 2.59. The maximum Gasteiger partial charge on any atom is 0.306 e. The van der Waals surface area contributed by atoms with Gasteiger partial charge in [0, 0.05) is 6.42 Å². The van der Waals surface area contributed by atoms with Crippen molar-refractivity contribution in [2.75, 3.05) is 19.6 Å². The SMILES string of the molecule is CC(C)OC(=O)CCCCN1CCCCC1. The number of likely N-dealkylation sites (tertiary alicyclic amines) is 1. The lowest BCUT2D eigenvalue weighted by Gasteiger charge is -2.26. The fraction of sp³-hybridized carbons (Fsp3) is 0.923. The van der Waals surface area contributed by atoms with E-state index in [9.17, 15) is 4.79 Å². The van der Waals surface area contributed by atoms with Crippen molar-refractivity contribution in [2.24, 2.45) is 0 Å². The molecule has 0 amide bonds. The lowest BCUT2D eigenvalue weighted by molar-refractivity contribution is -0.147. The van der Waals surface area contributed by atoms with E-state index in [0.29, 0.717) is 6.42 Å². The second kappa shape index (κ2) is 7.66. The van der Waals surface area contributed by atoms with Crippen LogP contribution in [0.4, 0.5) is 0 Å². The number of carbonyl (C=O) groups excluding carboxylic acids is 1. The smallest absolute Gasteiger partial charge is 0.306 e. The van der Waals surface area contributed by atoms with Crippen molar-refractivity contribution in [3.05, 3.63) is 0 Å². The summed E-state index contributed by atoms with van der Waals surface area (Å²) in [6, 6.07) is 0. The van der Waals surface area contributed by atoms with E-state index in [4.69, 9.17) is 4.74 Å². The van der Waals surface area contributed by atoms with E-state index in [1.807, 2.05) is 13.8 Å². The van der Waals surface area contributed by atoms with Crippen LogP contribution in [0.2, 0.25) is 0 Å². The summed E-state index contributed by atoms with van der Waals surface area (Å²) >= 11 is 0. The van der Waals surface area contributed by atoms with Gasteiger partial charge in [-0.3, -0.25) is 4.79 Å². The molecule has 1 heterocycles. The summed E-state index contributed by atoms with van der Waals surface area (Å²) < 4.78 is 5.09. The molecule has 0 bridgehead atoms. The molecule has 3 nitrogen and oxygen atoms in total. The Bertz CT molecular complexity index is 198. The minimum absolute atomic E-state index is 0.0228. The van der Waals surface area contributed by atoms with Crippen LogP contribution < -0.4 is 0 Å². The van der Waals surface area contributed by atoms with Crippen molar-refractivity contribution in [1.29, 1.82) is 0 Å². The molecule has 16 heavy (non-hydrogen) atoms. The van der Waals surface area contributed by atoms with Gasteiger partial charge in [-0.1, -0.05) is 6.42 Å². The molecule has 1 aliphatic heterocycles. The molecule has 0 aliphatic carbocycles. The topological polar surface area (TPSA) is 29.5 Å². The largest absolute Gasteiger partial charge is 0.463 e. The van der Waals surface area contributed by atoms with Crippen molar-refractivity contribution in [2.45, 2.75) is 58.5 Å². The molecule has 0 radical (unpaired) electrons. The quantitative estimate of drug-likeness (QED) is 0.516. The first-order valence-electron chi connectivity index (χ1n) is 6.60. The molecule has 1 rings (SSSR count). The van der Waals surface area contributed by atoms with Crippen LogP contribution >= 0.6 is 0 Å². The summed E-state index contributed by atoms with van der Waals surface area (Å²) in [5.74, 6) is -0.0476. The monoisotopic (exact) mass is 227 g/mol. The van der Waals surface area contributed by atoms with Crippen LogP contribution in [0.5, 0.6) is 0 Å². The van der Waals surface area contributed by atoms with Crippen molar-refractivity contribution in [3.63, 3.8) is 0 Å². The van der Waals surface area contributed by atoms with Crippen LogP contribution in [0.3, 0.4) is 0 Å². The fourth-order valence-corrected chi connectivity index (χ4v) is 2.11. The lowest BCUT2D eigenvalue weighted by Crippen LogP contribution is -2.30. The number of ether oxygens (including phenoxy) is 1. The molecule has 1 fully saturated rings. The van der Waals surface area contributed by atoms with E-state index in [1.165, 1.54) is 32.4 Å². The van der Waals surface area contributed by atoms with Crippen LogP contribution in [0, 0.1) is 0 Å². The average Bonchev–Trinajstić information content (AvgIpc) is 2.25. The van der Waals surface area contributed by atoms with Crippen molar-refractivity contribution in [1.82, 2.24) is 4.90 Å². The maximum absolute atomic E-state index is 11.3. The van der Waals surface area contributed by atoms with Gasteiger partial charge < -0.3 is 9.64 Å². The summed E-state index contributed by atoms with van der Waals surface area (Å²) in [7, 11) is 0. The van der Waals surface area contributed by atoms with Gasteiger partial charge in [0.15, 0.2) is 0 Å². The molecular formula is C13H25NO2. The Hall–Kier alpha value is -0.570. The molecule has 0 aromatic carbocycles. The zero-order chi connectivity index (χ0) is 11.8. The Balaban J connectivity index is 1.96. The first-order valence-corrected chi connectivity index (χ1v) is 6.60. The lowest BCUT2D eigenvalue weighted by atomic mass is 10.1. The van der Waals surface area contributed by atoms with Crippen LogP contribution in [0.1, 0.15) is 52.4 Å². The zero-order valence-electron chi connectivity index (χ0n) is 10.7. The molecule has 1 saturated heterocycles. The number of unbranched alkanes of at least 4 members (excludes halogenated alkanes) is 1. The highest BCUT2D eigenvalue weighted by atomic mass is 16.5.